The highest BCUT2D eigenvalue weighted by Gasteiger charge is 2.48. The first-order chi connectivity index (χ1) is 15.7. The summed E-state index contributed by atoms with van der Waals surface area (Å²) in [6, 6.07) is 5.32. The van der Waals surface area contributed by atoms with E-state index in [-0.39, 0.29) is 24.6 Å². The summed E-state index contributed by atoms with van der Waals surface area (Å²) >= 11 is 0. The van der Waals surface area contributed by atoms with Gasteiger partial charge in [-0.25, -0.2) is 9.59 Å². The first kappa shape index (κ1) is 25.8. The smallest absolute Gasteiger partial charge is 0.337 e. The van der Waals surface area contributed by atoms with Gasteiger partial charge in [-0.05, 0) is 36.6 Å². The fourth-order valence-electron chi connectivity index (χ4n) is 3.63. The van der Waals surface area contributed by atoms with Crippen molar-refractivity contribution in [3.8, 4) is 0 Å². The second kappa shape index (κ2) is 11.4. The Hall–Kier alpha value is -3.49. The molecule has 2 unspecified atom stereocenters. The third-order valence-corrected chi connectivity index (χ3v) is 5.61. The fourth-order valence-corrected chi connectivity index (χ4v) is 3.63. The van der Waals surface area contributed by atoms with Gasteiger partial charge >= 0.3 is 17.9 Å². The van der Waals surface area contributed by atoms with Crippen molar-refractivity contribution in [2.24, 2.45) is 11.8 Å². The Bertz CT molecular complexity index is 950. The number of ketones is 1. The van der Waals surface area contributed by atoms with Gasteiger partial charge in [0.05, 0.1) is 32.9 Å². The SMILES string of the molecule is CCOC(=O)C1C(=O)/C(=C/c2ccc(C(=O)OC)cc2)CN([C@H](C(=O)OC)C(C)CC)C1=O. The summed E-state index contributed by atoms with van der Waals surface area (Å²) < 4.78 is 14.6. The lowest BCUT2D eigenvalue weighted by atomic mass is 9.86. The number of ether oxygens (including phenoxy) is 3. The minimum absolute atomic E-state index is 0.00424. The molecule has 9 heteroatoms. The predicted molar refractivity (Wildman–Crippen MR) is 118 cm³/mol. The molecule has 0 radical (unpaired) electrons. The maximum atomic E-state index is 13.2. The molecule has 9 nitrogen and oxygen atoms in total. The molecule has 33 heavy (non-hydrogen) atoms. The number of nitrogens with zero attached hydrogens (tertiary/aromatic N) is 1. The summed E-state index contributed by atoms with van der Waals surface area (Å²) in [5.41, 5.74) is 1.06. The van der Waals surface area contributed by atoms with Gasteiger partial charge in [-0.15, -0.1) is 0 Å². The van der Waals surface area contributed by atoms with Crippen LogP contribution >= 0.6 is 0 Å². The molecule has 1 aromatic rings. The van der Waals surface area contributed by atoms with Gasteiger partial charge in [0, 0.05) is 5.57 Å². The number of rotatable bonds is 8. The molecule has 1 amide bonds. The van der Waals surface area contributed by atoms with Gasteiger partial charge in [0.25, 0.3) is 0 Å². The van der Waals surface area contributed by atoms with E-state index in [9.17, 15) is 24.0 Å². The maximum Gasteiger partial charge on any atom is 0.337 e. The van der Waals surface area contributed by atoms with Crippen molar-refractivity contribution in [3.05, 3.63) is 41.0 Å². The summed E-state index contributed by atoms with van der Waals surface area (Å²) in [6.45, 7) is 5.05. The first-order valence-corrected chi connectivity index (χ1v) is 10.7. The molecule has 0 aromatic heterocycles. The molecule has 1 aliphatic rings. The Balaban J connectivity index is 2.53. The standard InChI is InChI=1S/C24H29NO8/c1-6-14(3)19(24(30)32-5)25-13-17(20(26)18(21(25)27)23(29)33-7-2)12-15-8-10-16(11-9-15)22(28)31-4/h8-12,14,18-19H,6-7,13H2,1-5H3/b17-12+/t14?,18?,19-/m0/s1. The van der Waals surface area contributed by atoms with Gasteiger partial charge in [0.15, 0.2) is 11.7 Å². The lowest BCUT2D eigenvalue weighted by molar-refractivity contribution is -0.166. The van der Waals surface area contributed by atoms with Crippen LogP contribution in [0.15, 0.2) is 29.8 Å². The topological polar surface area (TPSA) is 116 Å². The summed E-state index contributed by atoms with van der Waals surface area (Å²) in [6.07, 6.45) is 2.09. The van der Waals surface area contributed by atoms with Gasteiger partial charge in [0.1, 0.15) is 6.04 Å². The average molecular weight is 459 g/mol. The highest BCUT2D eigenvalue weighted by Crippen LogP contribution is 2.28. The molecule has 3 atom stereocenters. The normalized spacial score (nSPS) is 19.1. The number of esters is 3. The second-order valence-corrected chi connectivity index (χ2v) is 7.65. The van der Waals surface area contributed by atoms with E-state index in [1.54, 1.807) is 26.0 Å². The molecular weight excluding hydrogens is 430 g/mol. The predicted octanol–water partition coefficient (Wildman–Crippen LogP) is 2.03. The van der Waals surface area contributed by atoms with Crippen LogP contribution in [-0.4, -0.2) is 67.9 Å². The monoisotopic (exact) mass is 459 g/mol. The molecule has 1 heterocycles. The van der Waals surface area contributed by atoms with E-state index in [4.69, 9.17) is 9.47 Å². The van der Waals surface area contributed by atoms with Crippen LogP contribution in [0.3, 0.4) is 0 Å². The number of piperidine rings is 1. The van der Waals surface area contributed by atoms with Crippen LogP contribution < -0.4 is 0 Å². The van der Waals surface area contributed by atoms with Crippen LogP contribution in [0.1, 0.15) is 43.1 Å². The lowest BCUT2D eigenvalue weighted by Gasteiger charge is -2.38. The van der Waals surface area contributed by atoms with Crippen molar-refractivity contribution >= 4 is 35.7 Å². The molecule has 2 rings (SSSR count). The van der Waals surface area contributed by atoms with Crippen molar-refractivity contribution < 1.29 is 38.2 Å². The van der Waals surface area contributed by atoms with E-state index in [0.29, 0.717) is 17.5 Å². The van der Waals surface area contributed by atoms with Crippen molar-refractivity contribution in [1.82, 2.24) is 4.90 Å². The van der Waals surface area contributed by atoms with Crippen LogP contribution in [0.2, 0.25) is 0 Å². The summed E-state index contributed by atoms with van der Waals surface area (Å²) in [5, 5.41) is 0. The molecule has 0 bridgehead atoms. The van der Waals surface area contributed by atoms with Gasteiger partial charge in [0.2, 0.25) is 5.91 Å². The van der Waals surface area contributed by atoms with Crippen molar-refractivity contribution in [2.45, 2.75) is 33.2 Å². The number of carbonyl (C=O) groups excluding carboxylic acids is 5. The van der Waals surface area contributed by atoms with E-state index in [1.165, 1.54) is 37.3 Å². The number of likely N-dealkylation sites (tertiary alicyclic amines) is 1. The van der Waals surface area contributed by atoms with Gasteiger partial charge < -0.3 is 19.1 Å². The third-order valence-electron chi connectivity index (χ3n) is 5.61. The third kappa shape index (κ3) is 5.66. The molecule has 1 aromatic carbocycles. The molecule has 0 aliphatic carbocycles. The fraction of sp³-hybridized carbons (Fsp3) is 0.458. The molecular formula is C24H29NO8. The number of methoxy groups -OCH3 is 2. The number of carbonyl (C=O) groups is 5. The number of benzene rings is 1. The molecule has 178 valence electrons. The van der Waals surface area contributed by atoms with Crippen LogP contribution in [0.5, 0.6) is 0 Å². The highest BCUT2D eigenvalue weighted by molar-refractivity contribution is 6.25. The summed E-state index contributed by atoms with van der Waals surface area (Å²) in [5.74, 6) is -5.54. The molecule has 0 N–H and O–H groups in total. The van der Waals surface area contributed by atoms with Crippen molar-refractivity contribution in [2.75, 3.05) is 27.4 Å². The Morgan fingerprint density at radius 3 is 2.24 bits per heavy atom. The number of hydrogen-bond acceptors (Lipinski definition) is 8. The minimum atomic E-state index is -1.70. The van der Waals surface area contributed by atoms with Crippen LogP contribution in [0.25, 0.3) is 6.08 Å². The zero-order valence-corrected chi connectivity index (χ0v) is 19.5. The lowest BCUT2D eigenvalue weighted by Crippen LogP contribution is -2.58. The highest BCUT2D eigenvalue weighted by atomic mass is 16.5. The van der Waals surface area contributed by atoms with Crippen LogP contribution in [0, 0.1) is 11.8 Å². The summed E-state index contributed by atoms with van der Waals surface area (Å²) in [4.78, 5) is 64.3. The quantitative estimate of drug-likeness (QED) is 0.251. The largest absolute Gasteiger partial charge is 0.467 e. The van der Waals surface area contributed by atoms with Gasteiger partial charge in [-0.1, -0.05) is 32.4 Å². The van der Waals surface area contributed by atoms with Crippen LogP contribution in [0.4, 0.5) is 0 Å². The average Bonchev–Trinajstić information content (AvgIpc) is 2.81. The van der Waals surface area contributed by atoms with Crippen molar-refractivity contribution in [1.29, 1.82) is 0 Å². The Labute approximate surface area is 192 Å². The Kier molecular flexibility index (Phi) is 8.90. The number of hydrogen-bond donors (Lipinski definition) is 0. The molecule has 1 saturated heterocycles. The number of amides is 1. The first-order valence-electron chi connectivity index (χ1n) is 10.7. The molecule has 1 aliphatic heterocycles. The van der Waals surface area contributed by atoms with E-state index in [0.717, 1.165) is 0 Å². The second-order valence-electron chi connectivity index (χ2n) is 7.65. The Morgan fingerprint density at radius 2 is 1.73 bits per heavy atom. The van der Waals surface area contributed by atoms with E-state index in [1.807, 2.05) is 6.92 Å². The number of Topliss-reactive ketones (excluding diaryl/α,β-unsaturated/α-hetero) is 1. The van der Waals surface area contributed by atoms with Gasteiger partial charge in [-0.3, -0.25) is 14.4 Å². The molecule has 0 saturated carbocycles. The van der Waals surface area contributed by atoms with E-state index >= 15 is 0 Å². The molecule has 1 fully saturated rings. The maximum absolute atomic E-state index is 13.2. The summed E-state index contributed by atoms with van der Waals surface area (Å²) in [7, 11) is 2.49. The zero-order valence-electron chi connectivity index (χ0n) is 19.5. The Morgan fingerprint density at radius 1 is 1.09 bits per heavy atom. The van der Waals surface area contributed by atoms with Crippen LogP contribution in [-0.2, 0) is 33.4 Å². The zero-order chi connectivity index (χ0) is 24.7. The van der Waals surface area contributed by atoms with E-state index in [2.05, 4.69) is 4.74 Å². The van der Waals surface area contributed by atoms with Crippen molar-refractivity contribution in [3.63, 3.8) is 0 Å². The molecule has 0 spiro atoms. The van der Waals surface area contributed by atoms with E-state index < -0.39 is 41.6 Å². The minimum Gasteiger partial charge on any atom is -0.467 e. The van der Waals surface area contributed by atoms with Gasteiger partial charge in [-0.2, -0.15) is 0 Å².